The van der Waals surface area contributed by atoms with Crippen molar-refractivity contribution in [1.82, 2.24) is 4.90 Å². The van der Waals surface area contributed by atoms with Gasteiger partial charge in [-0.15, -0.1) is 0 Å². The molecule has 106 valence electrons. The second-order valence-corrected chi connectivity index (χ2v) is 7.10. The molecule has 0 spiro atoms. The minimum atomic E-state index is 0.323. The van der Waals surface area contributed by atoms with Crippen LogP contribution in [0.25, 0.3) is 0 Å². The number of likely N-dealkylation sites (tertiary alicyclic amines) is 1. The first-order valence-electron chi connectivity index (χ1n) is 7.41. The van der Waals surface area contributed by atoms with Crippen LogP contribution < -0.4 is 5.32 Å². The van der Waals surface area contributed by atoms with Crippen LogP contribution in [0.3, 0.4) is 0 Å². The second-order valence-electron chi connectivity index (χ2n) is 7.10. The van der Waals surface area contributed by atoms with E-state index < -0.39 is 0 Å². The maximum absolute atomic E-state index is 3.63. The number of nitrogens with one attached hydrogen (secondary N) is 1. The van der Waals surface area contributed by atoms with Crippen molar-refractivity contribution in [3.8, 4) is 0 Å². The molecular formula is C17H28N2. The van der Waals surface area contributed by atoms with E-state index in [1.807, 2.05) is 0 Å². The van der Waals surface area contributed by atoms with Gasteiger partial charge in [-0.2, -0.15) is 0 Å². The summed E-state index contributed by atoms with van der Waals surface area (Å²) < 4.78 is 0. The van der Waals surface area contributed by atoms with Crippen molar-refractivity contribution in [1.29, 1.82) is 0 Å². The SMILES string of the molecule is C[C@H](c1ccc(NC2CCN(C)C2)cc1)C(C)(C)C. The first kappa shape index (κ1) is 14.4. The molecule has 2 nitrogen and oxygen atoms in total. The molecule has 1 unspecified atom stereocenters. The van der Waals surface area contributed by atoms with Gasteiger partial charge in [0.15, 0.2) is 0 Å². The molecule has 2 atom stereocenters. The van der Waals surface area contributed by atoms with Crippen molar-refractivity contribution in [2.45, 2.75) is 46.1 Å². The summed E-state index contributed by atoms with van der Waals surface area (Å²) in [7, 11) is 2.19. The van der Waals surface area contributed by atoms with Gasteiger partial charge in [0.05, 0.1) is 0 Å². The standard InChI is InChI=1S/C17H28N2/c1-13(17(2,3)4)14-6-8-15(9-7-14)18-16-10-11-19(5)12-16/h6-9,13,16,18H,10-12H2,1-5H3/t13-,16?/m1/s1. The van der Waals surface area contributed by atoms with E-state index in [-0.39, 0.29) is 0 Å². The van der Waals surface area contributed by atoms with E-state index >= 15 is 0 Å². The maximum Gasteiger partial charge on any atom is 0.0400 e. The summed E-state index contributed by atoms with van der Waals surface area (Å²) in [6.07, 6.45) is 1.25. The first-order chi connectivity index (χ1) is 8.86. The van der Waals surface area contributed by atoms with Gasteiger partial charge in [0, 0.05) is 18.3 Å². The van der Waals surface area contributed by atoms with Crippen LogP contribution in [-0.2, 0) is 0 Å². The topological polar surface area (TPSA) is 15.3 Å². The van der Waals surface area contributed by atoms with E-state index in [4.69, 9.17) is 0 Å². The molecule has 0 radical (unpaired) electrons. The number of anilines is 1. The molecule has 1 fully saturated rings. The van der Waals surface area contributed by atoms with E-state index in [1.165, 1.54) is 24.2 Å². The van der Waals surface area contributed by atoms with Crippen LogP contribution >= 0.6 is 0 Å². The van der Waals surface area contributed by atoms with Gasteiger partial charge in [0.25, 0.3) is 0 Å². The van der Waals surface area contributed by atoms with Gasteiger partial charge < -0.3 is 10.2 Å². The number of nitrogens with zero attached hydrogens (tertiary/aromatic N) is 1. The predicted octanol–water partition coefficient (Wildman–Crippen LogP) is 3.95. The fraction of sp³-hybridized carbons (Fsp3) is 0.647. The van der Waals surface area contributed by atoms with E-state index in [1.54, 1.807) is 0 Å². The molecule has 1 saturated heterocycles. The van der Waals surface area contributed by atoms with Crippen LogP contribution in [0, 0.1) is 5.41 Å². The van der Waals surface area contributed by atoms with E-state index in [0.29, 0.717) is 17.4 Å². The molecule has 19 heavy (non-hydrogen) atoms. The minimum absolute atomic E-state index is 0.323. The molecule has 2 heteroatoms. The molecule has 0 bridgehead atoms. The highest BCUT2D eigenvalue weighted by Crippen LogP contribution is 2.34. The average Bonchev–Trinajstić information content (AvgIpc) is 2.74. The van der Waals surface area contributed by atoms with Crippen LogP contribution in [0.15, 0.2) is 24.3 Å². The molecule has 0 saturated carbocycles. The molecule has 0 aliphatic carbocycles. The highest BCUT2D eigenvalue weighted by molar-refractivity contribution is 5.46. The molecule has 1 N–H and O–H groups in total. The zero-order valence-electron chi connectivity index (χ0n) is 13.0. The Labute approximate surface area is 118 Å². The van der Waals surface area contributed by atoms with Gasteiger partial charge in [-0.3, -0.25) is 0 Å². The number of hydrogen-bond acceptors (Lipinski definition) is 2. The number of hydrogen-bond donors (Lipinski definition) is 1. The van der Waals surface area contributed by atoms with Crippen LogP contribution in [0.1, 0.15) is 45.6 Å². The lowest BCUT2D eigenvalue weighted by molar-refractivity contribution is 0.339. The molecule has 0 amide bonds. The summed E-state index contributed by atoms with van der Waals surface area (Å²) in [6.45, 7) is 11.6. The quantitative estimate of drug-likeness (QED) is 0.885. The fourth-order valence-electron chi connectivity index (χ4n) is 2.66. The van der Waals surface area contributed by atoms with Crippen molar-refractivity contribution in [2.24, 2.45) is 5.41 Å². The Balaban J connectivity index is 1.98. The summed E-state index contributed by atoms with van der Waals surface area (Å²) in [4.78, 5) is 2.38. The Bertz CT molecular complexity index is 402. The molecule has 1 aromatic carbocycles. The Morgan fingerprint density at radius 2 is 1.84 bits per heavy atom. The summed E-state index contributed by atoms with van der Waals surface area (Å²) in [6, 6.07) is 9.62. The Kier molecular flexibility index (Phi) is 4.19. The number of rotatable bonds is 3. The van der Waals surface area contributed by atoms with Crippen molar-refractivity contribution in [3.63, 3.8) is 0 Å². The van der Waals surface area contributed by atoms with Gasteiger partial charge in [-0.05, 0) is 49.0 Å². The summed E-state index contributed by atoms with van der Waals surface area (Å²) in [5.41, 5.74) is 3.01. The normalized spacial score (nSPS) is 22.5. The molecular weight excluding hydrogens is 232 g/mol. The number of likely N-dealkylation sites (N-methyl/N-ethyl adjacent to an activating group) is 1. The maximum atomic E-state index is 3.63. The van der Waals surface area contributed by atoms with Crippen LogP contribution in [0.5, 0.6) is 0 Å². The lowest BCUT2D eigenvalue weighted by Gasteiger charge is -2.28. The molecule has 1 heterocycles. The van der Waals surface area contributed by atoms with E-state index in [2.05, 4.69) is 69.2 Å². The first-order valence-corrected chi connectivity index (χ1v) is 7.41. The lowest BCUT2D eigenvalue weighted by Crippen LogP contribution is -2.23. The highest BCUT2D eigenvalue weighted by Gasteiger charge is 2.22. The summed E-state index contributed by atoms with van der Waals surface area (Å²) in [5.74, 6) is 0.583. The molecule has 0 aromatic heterocycles. The second kappa shape index (κ2) is 5.54. The smallest absolute Gasteiger partial charge is 0.0400 e. The van der Waals surface area contributed by atoms with Gasteiger partial charge in [0.1, 0.15) is 0 Å². The van der Waals surface area contributed by atoms with E-state index in [0.717, 1.165) is 6.54 Å². The third-order valence-electron chi connectivity index (χ3n) is 4.47. The average molecular weight is 260 g/mol. The van der Waals surface area contributed by atoms with Gasteiger partial charge >= 0.3 is 0 Å². The van der Waals surface area contributed by atoms with Gasteiger partial charge in [-0.25, -0.2) is 0 Å². The van der Waals surface area contributed by atoms with Crippen molar-refractivity contribution >= 4 is 5.69 Å². The third-order valence-corrected chi connectivity index (χ3v) is 4.47. The van der Waals surface area contributed by atoms with Crippen LogP contribution in [-0.4, -0.2) is 31.1 Å². The van der Waals surface area contributed by atoms with Gasteiger partial charge in [-0.1, -0.05) is 39.8 Å². The molecule has 1 aliphatic heterocycles. The minimum Gasteiger partial charge on any atom is -0.381 e. The van der Waals surface area contributed by atoms with E-state index in [9.17, 15) is 0 Å². The molecule has 1 aromatic rings. The zero-order chi connectivity index (χ0) is 14.0. The Morgan fingerprint density at radius 3 is 2.32 bits per heavy atom. The predicted molar refractivity (Wildman–Crippen MR) is 83.8 cm³/mol. The fourth-order valence-corrected chi connectivity index (χ4v) is 2.66. The summed E-state index contributed by atoms with van der Waals surface area (Å²) in [5, 5.41) is 3.63. The number of benzene rings is 1. The highest BCUT2D eigenvalue weighted by atomic mass is 15.2. The lowest BCUT2D eigenvalue weighted by atomic mass is 9.78. The van der Waals surface area contributed by atoms with Gasteiger partial charge in [0.2, 0.25) is 0 Å². The Morgan fingerprint density at radius 1 is 1.21 bits per heavy atom. The van der Waals surface area contributed by atoms with Crippen molar-refractivity contribution < 1.29 is 0 Å². The summed E-state index contributed by atoms with van der Waals surface area (Å²) >= 11 is 0. The molecule has 1 aliphatic rings. The van der Waals surface area contributed by atoms with Crippen molar-refractivity contribution in [3.05, 3.63) is 29.8 Å². The van der Waals surface area contributed by atoms with Crippen molar-refractivity contribution in [2.75, 3.05) is 25.5 Å². The largest absolute Gasteiger partial charge is 0.381 e. The molecule has 2 rings (SSSR count). The zero-order valence-corrected chi connectivity index (χ0v) is 13.0. The third kappa shape index (κ3) is 3.73. The monoisotopic (exact) mass is 260 g/mol. The van der Waals surface area contributed by atoms with Crippen LogP contribution in [0.2, 0.25) is 0 Å². The van der Waals surface area contributed by atoms with Crippen LogP contribution in [0.4, 0.5) is 5.69 Å². The Hall–Kier alpha value is -1.02.